The molecule has 0 bridgehead atoms. The fourth-order valence-corrected chi connectivity index (χ4v) is 1.72. The third-order valence-corrected chi connectivity index (χ3v) is 2.55. The number of benzene rings is 1. The van der Waals surface area contributed by atoms with Crippen molar-refractivity contribution in [2.24, 2.45) is 5.73 Å². The minimum atomic E-state index is -0.633. The Morgan fingerprint density at radius 1 is 1.44 bits per heavy atom. The molecule has 0 aliphatic heterocycles. The molecular weight excluding hydrogens is 232 g/mol. The third-order valence-electron chi connectivity index (χ3n) is 2.55. The molecule has 94 valence electrons. The van der Waals surface area contributed by atoms with Gasteiger partial charge in [0.15, 0.2) is 5.69 Å². The van der Waals surface area contributed by atoms with Crippen LogP contribution in [0.4, 0.5) is 5.69 Å². The van der Waals surface area contributed by atoms with Gasteiger partial charge in [-0.25, -0.2) is 0 Å². The molecule has 0 aliphatic carbocycles. The lowest BCUT2D eigenvalue weighted by Crippen LogP contribution is -2.14. The Balaban J connectivity index is 2.29. The van der Waals surface area contributed by atoms with E-state index in [1.807, 2.05) is 24.3 Å². The molecule has 6 nitrogen and oxygen atoms in total. The summed E-state index contributed by atoms with van der Waals surface area (Å²) in [7, 11) is 1.60. The number of carbonyl (C=O) groups is 1. The Bertz CT molecular complexity index is 577. The smallest absolute Gasteiger partial charge is 0.271 e. The first-order valence-electron chi connectivity index (χ1n) is 5.36. The minimum Gasteiger partial charge on any atom is -0.496 e. The van der Waals surface area contributed by atoms with Gasteiger partial charge in [0.1, 0.15) is 5.75 Å². The lowest BCUT2D eigenvalue weighted by molar-refractivity contribution is 0.0995. The molecule has 1 aromatic carbocycles. The van der Waals surface area contributed by atoms with Crippen molar-refractivity contribution >= 4 is 11.6 Å². The second-order valence-corrected chi connectivity index (χ2v) is 3.81. The number of nitrogens with two attached hydrogens (primary N) is 2. The predicted molar refractivity (Wildman–Crippen MR) is 67.3 cm³/mol. The van der Waals surface area contributed by atoms with E-state index < -0.39 is 5.91 Å². The van der Waals surface area contributed by atoms with Gasteiger partial charge >= 0.3 is 0 Å². The largest absolute Gasteiger partial charge is 0.496 e. The summed E-state index contributed by atoms with van der Waals surface area (Å²) < 4.78 is 6.80. The van der Waals surface area contributed by atoms with Crippen molar-refractivity contribution in [1.29, 1.82) is 0 Å². The lowest BCUT2D eigenvalue weighted by Gasteiger charge is -2.07. The average molecular weight is 246 g/mol. The fraction of sp³-hybridized carbons (Fsp3) is 0.167. The first-order valence-corrected chi connectivity index (χ1v) is 5.36. The number of nitrogens with zero attached hydrogens (tertiary/aromatic N) is 2. The normalized spacial score (nSPS) is 10.3. The van der Waals surface area contributed by atoms with E-state index in [1.54, 1.807) is 18.0 Å². The van der Waals surface area contributed by atoms with Crippen LogP contribution in [-0.2, 0) is 6.54 Å². The zero-order chi connectivity index (χ0) is 13.1. The molecule has 0 saturated carbocycles. The molecule has 1 heterocycles. The van der Waals surface area contributed by atoms with Crippen molar-refractivity contribution in [2.45, 2.75) is 6.54 Å². The molecule has 2 aromatic rings. The van der Waals surface area contributed by atoms with Crippen molar-refractivity contribution in [2.75, 3.05) is 12.8 Å². The van der Waals surface area contributed by atoms with E-state index in [4.69, 9.17) is 16.2 Å². The predicted octanol–water partition coefficient (Wildman–Crippen LogP) is 0.621. The average Bonchev–Trinajstić information content (AvgIpc) is 2.71. The number of primary amides is 1. The Morgan fingerprint density at radius 2 is 2.17 bits per heavy atom. The van der Waals surface area contributed by atoms with Gasteiger partial charge in [-0.1, -0.05) is 18.2 Å². The van der Waals surface area contributed by atoms with Gasteiger partial charge in [-0.15, -0.1) is 0 Å². The summed E-state index contributed by atoms with van der Waals surface area (Å²) in [6.07, 6.45) is 1.58. The first kappa shape index (κ1) is 12.0. The SMILES string of the molecule is COc1ccccc1Cn1cc(N)c(C(N)=O)n1. The van der Waals surface area contributed by atoms with Crippen LogP contribution in [0.1, 0.15) is 16.1 Å². The van der Waals surface area contributed by atoms with Crippen molar-refractivity contribution in [3.63, 3.8) is 0 Å². The molecule has 6 heteroatoms. The van der Waals surface area contributed by atoms with Gasteiger partial charge in [0.25, 0.3) is 5.91 Å². The maximum absolute atomic E-state index is 11.1. The van der Waals surface area contributed by atoms with Crippen LogP contribution in [0.15, 0.2) is 30.5 Å². The molecule has 0 saturated heterocycles. The highest BCUT2D eigenvalue weighted by molar-refractivity contribution is 5.95. The fourth-order valence-electron chi connectivity index (χ4n) is 1.72. The first-order chi connectivity index (χ1) is 8.61. The van der Waals surface area contributed by atoms with Gasteiger partial charge in [0, 0.05) is 11.8 Å². The molecule has 1 amide bonds. The van der Waals surface area contributed by atoms with E-state index >= 15 is 0 Å². The molecular formula is C12H14N4O2. The number of amides is 1. The number of anilines is 1. The van der Waals surface area contributed by atoms with Crippen LogP contribution in [0, 0.1) is 0 Å². The summed E-state index contributed by atoms with van der Waals surface area (Å²) in [5.41, 5.74) is 12.1. The molecule has 0 unspecified atom stereocenters. The van der Waals surface area contributed by atoms with E-state index in [-0.39, 0.29) is 11.4 Å². The number of aromatic nitrogens is 2. The summed E-state index contributed by atoms with van der Waals surface area (Å²) in [6, 6.07) is 7.56. The Hall–Kier alpha value is -2.50. The van der Waals surface area contributed by atoms with E-state index in [9.17, 15) is 4.79 Å². The number of ether oxygens (including phenoxy) is 1. The second-order valence-electron chi connectivity index (χ2n) is 3.81. The number of carbonyl (C=O) groups excluding carboxylic acids is 1. The molecule has 0 aliphatic rings. The molecule has 0 radical (unpaired) electrons. The number of para-hydroxylation sites is 1. The van der Waals surface area contributed by atoms with Gasteiger partial charge in [-0.3, -0.25) is 9.48 Å². The van der Waals surface area contributed by atoms with E-state index in [2.05, 4.69) is 5.10 Å². The van der Waals surface area contributed by atoms with Gasteiger partial charge < -0.3 is 16.2 Å². The second kappa shape index (κ2) is 4.79. The number of nitrogen functional groups attached to an aromatic ring is 1. The van der Waals surface area contributed by atoms with E-state index in [0.29, 0.717) is 6.54 Å². The zero-order valence-electron chi connectivity index (χ0n) is 9.96. The zero-order valence-corrected chi connectivity index (χ0v) is 9.96. The number of methoxy groups -OCH3 is 1. The summed E-state index contributed by atoms with van der Waals surface area (Å²) in [4.78, 5) is 11.1. The molecule has 0 spiro atoms. The van der Waals surface area contributed by atoms with Crippen LogP contribution in [0.3, 0.4) is 0 Å². The highest BCUT2D eigenvalue weighted by atomic mass is 16.5. The monoisotopic (exact) mass is 246 g/mol. The molecule has 0 atom stereocenters. The highest BCUT2D eigenvalue weighted by Gasteiger charge is 2.12. The van der Waals surface area contributed by atoms with Crippen molar-refractivity contribution in [1.82, 2.24) is 9.78 Å². The van der Waals surface area contributed by atoms with E-state index in [0.717, 1.165) is 11.3 Å². The van der Waals surface area contributed by atoms with Crippen LogP contribution in [0.25, 0.3) is 0 Å². The Kier molecular flexibility index (Phi) is 3.18. The third kappa shape index (κ3) is 2.27. The summed E-state index contributed by atoms with van der Waals surface area (Å²) in [6.45, 7) is 0.460. The van der Waals surface area contributed by atoms with Gasteiger partial charge in [0.2, 0.25) is 0 Å². The highest BCUT2D eigenvalue weighted by Crippen LogP contribution is 2.19. The van der Waals surface area contributed by atoms with Crippen LogP contribution >= 0.6 is 0 Å². The lowest BCUT2D eigenvalue weighted by atomic mass is 10.2. The van der Waals surface area contributed by atoms with Crippen LogP contribution in [0.5, 0.6) is 5.75 Å². The van der Waals surface area contributed by atoms with E-state index in [1.165, 1.54) is 0 Å². The van der Waals surface area contributed by atoms with Crippen LogP contribution in [0.2, 0.25) is 0 Å². The van der Waals surface area contributed by atoms with Gasteiger partial charge in [0.05, 0.1) is 19.3 Å². The maximum atomic E-state index is 11.1. The number of hydrogen-bond donors (Lipinski definition) is 2. The van der Waals surface area contributed by atoms with Crippen molar-refractivity contribution < 1.29 is 9.53 Å². The standard InChI is InChI=1S/C12H14N4O2/c1-18-10-5-3-2-4-8(10)6-16-7-9(13)11(15-16)12(14)17/h2-5,7H,6,13H2,1H3,(H2,14,17). The number of rotatable bonds is 4. The quantitative estimate of drug-likeness (QED) is 0.826. The molecule has 1 aromatic heterocycles. The topological polar surface area (TPSA) is 96.2 Å². The Morgan fingerprint density at radius 3 is 2.78 bits per heavy atom. The van der Waals surface area contributed by atoms with Crippen molar-refractivity contribution in [3.8, 4) is 5.75 Å². The summed E-state index contributed by atoms with van der Waals surface area (Å²) in [5, 5.41) is 4.04. The van der Waals surface area contributed by atoms with Gasteiger partial charge in [-0.05, 0) is 6.07 Å². The summed E-state index contributed by atoms with van der Waals surface area (Å²) in [5.74, 6) is 0.124. The Labute approximate surface area is 104 Å². The molecule has 4 N–H and O–H groups in total. The van der Waals surface area contributed by atoms with Crippen LogP contribution in [-0.4, -0.2) is 22.8 Å². The maximum Gasteiger partial charge on any atom is 0.271 e. The molecule has 18 heavy (non-hydrogen) atoms. The minimum absolute atomic E-state index is 0.0879. The molecule has 0 fully saturated rings. The molecule has 2 rings (SSSR count). The van der Waals surface area contributed by atoms with Gasteiger partial charge in [-0.2, -0.15) is 5.10 Å². The van der Waals surface area contributed by atoms with Crippen LogP contribution < -0.4 is 16.2 Å². The van der Waals surface area contributed by atoms with Crippen molar-refractivity contribution in [3.05, 3.63) is 41.7 Å². The summed E-state index contributed by atoms with van der Waals surface area (Å²) >= 11 is 0. The number of hydrogen-bond acceptors (Lipinski definition) is 4.